The first kappa shape index (κ1) is 12.6. The quantitative estimate of drug-likeness (QED) is 0.518. The van der Waals surface area contributed by atoms with Gasteiger partial charge in [0, 0.05) is 31.8 Å². The highest BCUT2D eigenvalue weighted by Crippen LogP contribution is 2.23. The highest BCUT2D eigenvalue weighted by atomic mass is 32.2. The van der Waals surface area contributed by atoms with Crippen molar-refractivity contribution in [3.05, 3.63) is 30.9 Å². The van der Waals surface area contributed by atoms with Gasteiger partial charge in [0.05, 0.1) is 0 Å². The lowest BCUT2D eigenvalue weighted by molar-refractivity contribution is 0.752. The number of hydrogen-bond acceptors (Lipinski definition) is 8. The van der Waals surface area contributed by atoms with Crippen molar-refractivity contribution in [1.82, 2.24) is 34.3 Å². The molecule has 0 unspecified atom stereocenters. The summed E-state index contributed by atoms with van der Waals surface area (Å²) in [5.74, 6) is 6.03. The Bertz CT molecular complexity index is 705. The van der Waals surface area contributed by atoms with Gasteiger partial charge in [-0.2, -0.15) is 20.1 Å². The molecule has 0 spiro atoms. The van der Waals surface area contributed by atoms with Crippen LogP contribution in [0.15, 0.2) is 41.2 Å². The fourth-order valence-corrected chi connectivity index (χ4v) is 2.22. The van der Waals surface area contributed by atoms with E-state index >= 15 is 0 Å². The second kappa shape index (κ2) is 5.27. The molecule has 3 heterocycles. The van der Waals surface area contributed by atoms with Gasteiger partial charge in [-0.15, -0.1) is 0 Å². The van der Waals surface area contributed by atoms with Gasteiger partial charge in [-0.25, -0.2) is 15.5 Å². The van der Waals surface area contributed by atoms with Crippen LogP contribution in [0.4, 0.5) is 5.95 Å². The summed E-state index contributed by atoms with van der Waals surface area (Å²) in [5.41, 5.74) is 2.42. The van der Waals surface area contributed by atoms with E-state index < -0.39 is 0 Å². The lowest BCUT2D eigenvalue weighted by Gasteiger charge is -2.06. The van der Waals surface area contributed by atoms with Crippen LogP contribution >= 0.6 is 11.8 Å². The molecule has 3 N–H and O–H groups in total. The molecule has 0 aliphatic rings. The van der Waals surface area contributed by atoms with Gasteiger partial charge >= 0.3 is 0 Å². The van der Waals surface area contributed by atoms with Crippen LogP contribution in [0.25, 0.3) is 5.95 Å². The largest absolute Gasteiger partial charge is 0.329 e. The summed E-state index contributed by atoms with van der Waals surface area (Å²) in [6.45, 7) is 0. The van der Waals surface area contributed by atoms with E-state index in [9.17, 15) is 0 Å². The van der Waals surface area contributed by atoms with Crippen molar-refractivity contribution < 1.29 is 0 Å². The molecule has 0 atom stereocenters. The number of nitrogens with two attached hydrogens (primary N) is 1. The summed E-state index contributed by atoms with van der Waals surface area (Å²) in [6, 6.07) is 1.78. The zero-order chi connectivity index (χ0) is 13.9. The minimum absolute atomic E-state index is 0.266. The fourth-order valence-electron chi connectivity index (χ4n) is 1.48. The molecule has 10 heteroatoms. The highest BCUT2D eigenvalue weighted by Gasteiger charge is 2.11. The number of hydrazine groups is 1. The summed E-state index contributed by atoms with van der Waals surface area (Å²) in [6.07, 6.45) is 6.94. The van der Waals surface area contributed by atoms with E-state index in [4.69, 9.17) is 5.84 Å². The molecule has 0 aromatic carbocycles. The number of rotatable bonds is 4. The second-order valence-electron chi connectivity index (χ2n) is 3.76. The maximum atomic E-state index is 5.38. The number of nitrogen functional groups attached to an aromatic ring is 1. The van der Waals surface area contributed by atoms with Gasteiger partial charge in [0.25, 0.3) is 5.95 Å². The van der Waals surface area contributed by atoms with Crippen molar-refractivity contribution in [2.75, 3.05) is 5.43 Å². The SMILES string of the molecule is Cn1ccnc1Sc1nc(NN)nc(-n2cccn2)n1. The third-order valence-corrected chi connectivity index (χ3v) is 3.34. The molecule has 102 valence electrons. The van der Waals surface area contributed by atoms with E-state index in [1.54, 1.807) is 24.7 Å². The molecule has 3 rings (SSSR count). The van der Waals surface area contributed by atoms with Crippen LogP contribution in [0, 0.1) is 0 Å². The van der Waals surface area contributed by atoms with Crippen molar-refractivity contribution in [1.29, 1.82) is 0 Å². The summed E-state index contributed by atoms with van der Waals surface area (Å²) >= 11 is 1.31. The van der Waals surface area contributed by atoms with Crippen molar-refractivity contribution in [2.24, 2.45) is 12.9 Å². The Labute approximate surface area is 118 Å². The molecular weight excluding hydrogens is 278 g/mol. The maximum Gasteiger partial charge on any atom is 0.256 e. The number of hydrogen-bond donors (Lipinski definition) is 2. The van der Waals surface area contributed by atoms with Crippen LogP contribution in [0.1, 0.15) is 0 Å². The Balaban J connectivity index is 1.98. The Hall–Kier alpha value is -2.46. The average Bonchev–Trinajstić information content (AvgIpc) is 3.11. The topological polar surface area (TPSA) is 112 Å². The predicted octanol–water partition coefficient (Wildman–Crippen LogP) is 0.228. The molecule has 0 aliphatic heterocycles. The van der Waals surface area contributed by atoms with Gasteiger partial charge in [-0.1, -0.05) is 0 Å². The molecule has 3 aromatic heterocycles. The zero-order valence-electron chi connectivity index (χ0n) is 10.5. The average molecular weight is 289 g/mol. The van der Waals surface area contributed by atoms with Crippen molar-refractivity contribution >= 4 is 17.7 Å². The van der Waals surface area contributed by atoms with E-state index in [0.717, 1.165) is 5.16 Å². The number of nitrogens with one attached hydrogen (secondary N) is 1. The molecule has 3 aromatic rings. The molecule has 0 amide bonds. The van der Waals surface area contributed by atoms with E-state index in [0.29, 0.717) is 11.1 Å². The summed E-state index contributed by atoms with van der Waals surface area (Å²) in [5, 5.41) is 5.33. The van der Waals surface area contributed by atoms with E-state index in [-0.39, 0.29) is 5.95 Å². The molecule has 0 saturated carbocycles. The molecule has 9 nitrogen and oxygen atoms in total. The van der Waals surface area contributed by atoms with Crippen molar-refractivity contribution in [3.8, 4) is 5.95 Å². The van der Waals surface area contributed by atoms with Gasteiger partial charge in [-0.3, -0.25) is 5.43 Å². The number of anilines is 1. The molecule has 0 bridgehead atoms. The van der Waals surface area contributed by atoms with Gasteiger partial charge < -0.3 is 4.57 Å². The zero-order valence-corrected chi connectivity index (χ0v) is 11.3. The minimum atomic E-state index is 0.266. The van der Waals surface area contributed by atoms with Gasteiger partial charge in [0.1, 0.15) is 0 Å². The molecule has 0 aliphatic carbocycles. The van der Waals surface area contributed by atoms with E-state index in [1.165, 1.54) is 16.4 Å². The van der Waals surface area contributed by atoms with Crippen LogP contribution < -0.4 is 11.3 Å². The van der Waals surface area contributed by atoms with Gasteiger partial charge in [-0.05, 0) is 17.8 Å². The number of aromatic nitrogens is 7. The summed E-state index contributed by atoms with van der Waals surface area (Å²) in [7, 11) is 1.90. The number of aryl methyl sites for hydroxylation is 1. The Morgan fingerprint density at radius 1 is 1.20 bits per heavy atom. The molecule has 0 fully saturated rings. The third kappa shape index (κ3) is 2.46. The smallest absolute Gasteiger partial charge is 0.256 e. The van der Waals surface area contributed by atoms with E-state index in [1.807, 2.05) is 17.8 Å². The first-order chi connectivity index (χ1) is 9.76. The van der Waals surface area contributed by atoms with Crippen LogP contribution in [-0.4, -0.2) is 34.3 Å². The van der Waals surface area contributed by atoms with Gasteiger partial charge in [0.15, 0.2) is 5.16 Å². The number of imidazole rings is 1. The van der Waals surface area contributed by atoms with Gasteiger partial charge in [0.2, 0.25) is 11.1 Å². The fraction of sp³-hybridized carbons (Fsp3) is 0.100. The monoisotopic (exact) mass is 289 g/mol. The third-order valence-electron chi connectivity index (χ3n) is 2.40. The molecule has 0 radical (unpaired) electrons. The van der Waals surface area contributed by atoms with Crippen LogP contribution in [0.2, 0.25) is 0 Å². The van der Waals surface area contributed by atoms with Crippen LogP contribution in [0.5, 0.6) is 0 Å². The highest BCUT2D eigenvalue weighted by molar-refractivity contribution is 7.99. The Kier molecular flexibility index (Phi) is 3.31. The second-order valence-corrected chi connectivity index (χ2v) is 4.69. The first-order valence-electron chi connectivity index (χ1n) is 5.64. The van der Waals surface area contributed by atoms with E-state index in [2.05, 4.69) is 30.5 Å². The molecule has 0 saturated heterocycles. The normalized spacial score (nSPS) is 10.7. The lowest BCUT2D eigenvalue weighted by Crippen LogP contribution is -2.14. The summed E-state index contributed by atoms with van der Waals surface area (Å²) < 4.78 is 3.41. The lowest BCUT2D eigenvalue weighted by atomic mass is 10.7. The molecular formula is C10H11N9S. The van der Waals surface area contributed by atoms with Crippen molar-refractivity contribution in [2.45, 2.75) is 10.3 Å². The Morgan fingerprint density at radius 3 is 2.75 bits per heavy atom. The first-order valence-corrected chi connectivity index (χ1v) is 6.46. The van der Waals surface area contributed by atoms with Crippen LogP contribution in [0.3, 0.4) is 0 Å². The standard InChI is InChI=1S/C10H11N9S/c1-18-6-4-12-10(18)20-9-15-7(17-11)14-8(16-9)19-5-2-3-13-19/h2-6H,11H2,1H3,(H,14,15,16,17). The molecule has 20 heavy (non-hydrogen) atoms. The minimum Gasteiger partial charge on any atom is -0.329 e. The maximum absolute atomic E-state index is 5.38. The summed E-state index contributed by atoms with van der Waals surface area (Å²) in [4.78, 5) is 16.9. The van der Waals surface area contributed by atoms with Crippen molar-refractivity contribution in [3.63, 3.8) is 0 Å². The number of nitrogens with zero attached hydrogens (tertiary/aromatic N) is 7. The predicted molar refractivity (Wildman–Crippen MR) is 72.1 cm³/mol. The van der Waals surface area contributed by atoms with Crippen LogP contribution in [-0.2, 0) is 7.05 Å². The Morgan fingerprint density at radius 2 is 2.10 bits per heavy atom.